The number of hydrogen-bond donors (Lipinski definition) is 0. The molecule has 1 aliphatic rings. The Balaban J connectivity index is 1.94. The summed E-state index contributed by atoms with van der Waals surface area (Å²) in [5, 5.41) is 0. The van der Waals surface area contributed by atoms with Gasteiger partial charge >= 0.3 is 5.97 Å². The van der Waals surface area contributed by atoms with Crippen molar-refractivity contribution in [2.75, 3.05) is 0 Å². The molecule has 0 aromatic carbocycles. The summed E-state index contributed by atoms with van der Waals surface area (Å²) in [4.78, 5) is 16.4. The molecule has 0 spiro atoms. The fourth-order valence-corrected chi connectivity index (χ4v) is 2.57. The molecule has 0 N–H and O–H groups in total. The zero-order valence-corrected chi connectivity index (χ0v) is 9.68. The highest BCUT2D eigenvalue weighted by atomic mass is 32.1. The van der Waals surface area contributed by atoms with E-state index in [-0.39, 0.29) is 12.1 Å². The fraction of sp³-hybridized carbons (Fsp3) is 0.636. The maximum Gasteiger partial charge on any atom is 0.350 e. The van der Waals surface area contributed by atoms with Crippen LogP contribution in [0.15, 0.2) is 5.51 Å². The van der Waals surface area contributed by atoms with Crippen molar-refractivity contribution >= 4 is 17.3 Å². The number of hydrogen-bond acceptors (Lipinski definition) is 4. The molecule has 1 aliphatic carbocycles. The van der Waals surface area contributed by atoms with Gasteiger partial charge in [0.1, 0.15) is 11.0 Å². The van der Waals surface area contributed by atoms with Gasteiger partial charge in [0.25, 0.3) is 0 Å². The standard InChI is InChI=1S/C11H15NO2S/c1-8-10(15-7-12-8)11(13)14-9-5-3-2-4-6-9/h7,9H,2-6H2,1H3. The van der Waals surface area contributed by atoms with Gasteiger partial charge in [0.05, 0.1) is 11.2 Å². The Kier molecular flexibility index (Phi) is 3.36. The third-order valence-electron chi connectivity index (χ3n) is 2.76. The highest BCUT2D eigenvalue weighted by Gasteiger charge is 2.20. The lowest BCUT2D eigenvalue weighted by Crippen LogP contribution is -2.20. The maximum atomic E-state index is 11.7. The zero-order valence-electron chi connectivity index (χ0n) is 8.86. The molecular formula is C11H15NO2S. The highest BCUT2D eigenvalue weighted by Crippen LogP contribution is 2.22. The quantitative estimate of drug-likeness (QED) is 0.726. The van der Waals surface area contributed by atoms with E-state index in [1.165, 1.54) is 30.6 Å². The van der Waals surface area contributed by atoms with Gasteiger partial charge in [0.2, 0.25) is 0 Å². The SMILES string of the molecule is Cc1ncsc1C(=O)OC1CCCCC1. The number of aryl methyl sites for hydroxylation is 1. The summed E-state index contributed by atoms with van der Waals surface area (Å²) in [6.45, 7) is 1.84. The van der Waals surface area contributed by atoms with Gasteiger partial charge in [-0.3, -0.25) is 0 Å². The van der Waals surface area contributed by atoms with Crippen LogP contribution in [0, 0.1) is 6.92 Å². The van der Waals surface area contributed by atoms with Crippen LogP contribution in [0.25, 0.3) is 0 Å². The molecule has 1 saturated carbocycles. The summed E-state index contributed by atoms with van der Waals surface area (Å²) in [5.41, 5.74) is 2.47. The van der Waals surface area contributed by atoms with Crippen LogP contribution in [0.4, 0.5) is 0 Å². The Labute approximate surface area is 93.5 Å². The third-order valence-corrected chi connectivity index (χ3v) is 3.67. The van der Waals surface area contributed by atoms with Crippen molar-refractivity contribution in [1.29, 1.82) is 0 Å². The van der Waals surface area contributed by atoms with Crippen LogP contribution in [0.3, 0.4) is 0 Å². The number of esters is 1. The molecule has 15 heavy (non-hydrogen) atoms. The monoisotopic (exact) mass is 225 g/mol. The molecule has 82 valence electrons. The van der Waals surface area contributed by atoms with Crippen molar-refractivity contribution in [3.63, 3.8) is 0 Å². The van der Waals surface area contributed by atoms with Crippen LogP contribution >= 0.6 is 11.3 Å². The van der Waals surface area contributed by atoms with Crippen molar-refractivity contribution in [2.45, 2.75) is 45.1 Å². The number of aromatic nitrogens is 1. The first-order valence-corrected chi connectivity index (χ1v) is 6.26. The molecule has 1 heterocycles. The second-order valence-corrected chi connectivity index (χ2v) is 4.79. The lowest BCUT2D eigenvalue weighted by molar-refractivity contribution is 0.0216. The number of ether oxygens (including phenoxy) is 1. The molecule has 0 radical (unpaired) electrons. The Hall–Kier alpha value is -0.900. The topological polar surface area (TPSA) is 39.2 Å². The average Bonchev–Trinajstić information content (AvgIpc) is 2.66. The van der Waals surface area contributed by atoms with E-state index in [9.17, 15) is 4.79 Å². The van der Waals surface area contributed by atoms with Crippen LogP contribution in [-0.4, -0.2) is 17.1 Å². The van der Waals surface area contributed by atoms with Gasteiger partial charge < -0.3 is 4.74 Å². The largest absolute Gasteiger partial charge is 0.458 e. The van der Waals surface area contributed by atoms with Crippen molar-refractivity contribution in [3.8, 4) is 0 Å². The molecule has 0 aliphatic heterocycles. The number of nitrogens with zero attached hydrogens (tertiary/aromatic N) is 1. The van der Waals surface area contributed by atoms with E-state index in [1.54, 1.807) is 5.51 Å². The summed E-state index contributed by atoms with van der Waals surface area (Å²) in [7, 11) is 0. The second-order valence-electron chi connectivity index (χ2n) is 3.93. The zero-order chi connectivity index (χ0) is 10.7. The minimum atomic E-state index is -0.193. The molecular weight excluding hydrogens is 210 g/mol. The molecule has 4 heteroatoms. The summed E-state index contributed by atoms with van der Waals surface area (Å²) < 4.78 is 5.45. The van der Waals surface area contributed by atoms with E-state index in [4.69, 9.17) is 4.74 Å². The van der Waals surface area contributed by atoms with E-state index >= 15 is 0 Å². The molecule has 1 aromatic rings. The van der Waals surface area contributed by atoms with Gasteiger partial charge in [-0.15, -0.1) is 11.3 Å². The number of thiazole rings is 1. The molecule has 1 fully saturated rings. The first-order valence-electron chi connectivity index (χ1n) is 5.38. The van der Waals surface area contributed by atoms with E-state index in [0.29, 0.717) is 4.88 Å². The van der Waals surface area contributed by atoms with Crippen LogP contribution in [0.2, 0.25) is 0 Å². The van der Waals surface area contributed by atoms with Gasteiger partial charge in [-0.25, -0.2) is 9.78 Å². The van der Waals surface area contributed by atoms with E-state index < -0.39 is 0 Å². The molecule has 0 atom stereocenters. The minimum absolute atomic E-state index is 0.132. The Morgan fingerprint density at radius 1 is 1.47 bits per heavy atom. The summed E-state index contributed by atoms with van der Waals surface area (Å²) in [6, 6.07) is 0. The van der Waals surface area contributed by atoms with Crippen LogP contribution in [0.5, 0.6) is 0 Å². The predicted octanol–water partition coefficient (Wildman–Crippen LogP) is 2.94. The lowest BCUT2D eigenvalue weighted by atomic mass is 9.98. The second kappa shape index (κ2) is 4.75. The molecule has 0 unspecified atom stereocenters. The Morgan fingerprint density at radius 2 is 2.20 bits per heavy atom. The van der Waals surface area contributed by atoms with Gasteiger partial charge in [-0.2, -0.15) is 0 Å². The number of carbonyl (C=O) groups is 1. The van der Waals surface area contributed by atoms with Gasteiger partial charge in [-0.1, -0.05) is 6.42 Å². The third kappa shape index (κ3) is 2.56. The highest BCUT2D eigenvalue weighted by molar-refractivity contribution is 7.11. The fourth-order valence-electron chi connectivity index (χ4n) is 1.89. The van der Waals surface area contributed by atoms with Crippen molar-refractivity contribution < 1.29 is 9.53 Å². The lowest BCUT2D eigenvalue weighted by Gasteiger charge is -2.21. The first kappa shape index (κ1) is 10.6. The van der Waals surface area contributed by atoms with E-state index in [2.05, 4.69) is 4.98 Å². The van der Waals surface area contributed by atoms with Gasteiger partial charge in [0.15, 0.2) is 0 Å². The van der Waals surface area contributed by atoms with Gasteiger partial charge in [0, 0.05) is 0 Å². The average molecular weight is 225 g/mol. The van der Waals surface area contributed by atoms with E-state index in [0.717, 1.165) is 18.5 Å². The summed E-state index contributed by atoms with van der Waals surface area (Å²) in [6.07, 6.45) is 5.80. The van der Waals surface area contributed by atoms with Crippen LogP contribution < -0.4 is 0 Å². The first-order chi connectivity index (χ1) is 7.27. The van der Waals surface area contributed by atoms with Crippen molar-refractivity contribution in [2.24, 2.45) is 0 Å². The minimum Gasteiger partial charge on any atom is -0.458 e. The van der Waals surface area contributed by atoms with Crippen LogP contribution in [0.1, 0.15) is 47.5 Å². The number of carbonyl (C=O) groups excluding carboxylic acids is 1. The molecule has 1 aromatic heterocycles. The summed E-state index contributed by atoms with van der Waals surface area (Å²) in [5.74, 6) is -0.193. The van der Waals surface area contributed by atoms with Crippen LogP contribution in [-0.2, 0) is 4.74 Å². The molecule has 3 nitrogen and oxygen atoms in total. The number of rotatable bonds is 2. The summed E-state index contributed by atoms with van der Waals surface area (Å²) >= 11 is 1.36. The maximum absolute atomic E-state index is 11.7. The smallest absolute Gasteiger partial charge is 0.350 e. The van der Waals surface area contributed by atoms with Crippen molar-refractivity contribution in [3.05, 3.63) is 16.1 Å². The van der Waals surface area contributed by atoms with Gasteiger partial charge in [-0.05, 0) is 32.6 Å². The Morgan fingerprint density at radius 3 is 2.80 bits per heavy atom. The molecule has 0 saturated heterocycles. The predicted molar refractivity (Wildman–Crippen MR) is 59.1 cm³/mol. The van der Waals surface area contributed by atoms with Crippen molar-refractivity contribution in [1.82, 2.24) is 4.98 Å². The normalized spacial score (nSPS) is 17.7. The molecule has 0 amide bonds. The Bertz CT molecular complexity index is 342. The molecule has 0 bridgehead atoms. The molecule has 2 rings (SSSR count). The van der Waals surface area contributed by atoms with E-state index in [1.807, 2.05) is 6.92 Å².